The van der Waals surface area contributed by atoms with Gasteiger partial charge >= 0.3 is 6.18 Å². The highest BCUT2D eigenvalue weighted by atomic mass is 32.1. The second-order valence-electron chi connectivity index (χ2n) is 6.67. The van der Waals surface area contributed by atoms with E-state index < -0.39 is 34.8 Å². The summed E-state index contributed by atoms with van der Waals surface area (Å²) >= 11 is 1.26. The van der Waals surface area contributed by atoms with Gasteiger partial charge in [0, 0.05) is 40.7 Å². The van der Waals surface area contributed by atoms with Gasteiger partial charge in [-0.25, -0.2) is 9.37 Å². The number of halogens is 4. The molecule has 6 nitrogen and oxygen atoms in total. The van der Waals surface area contributed by atoms with Crippen molar-refractivity contribution in [2.24, 2.45) is 0 Å². The first-order chi connectivity index (χ1) is 15.7. The fraction of sp³-hybridized carbons (Fsp3) is 0.0455. The van der Waals surface area contributed by atoms with E-state index in [1.807, 2.05) is 0 Å². The number of carbonyl (C=O) groups is 2. The number of nitrogens with one attached hydrogen (secondary N) is 1. The summed E-state index contributed by atoms with van der Waals surface area (Å²) in [6.07, 6.45) is -0.565. The van der Waals surface area contributed by atoms with E-state index in [9.17, 15) is 27.2 Å². The lowest BCUT2D eigenvalue weighted by atomic mass is 10.00. The molecule has 33 heavy (non-hydrogen) atoms. The highest BCUT2D eigenvalue weighted by molar-refractivity contribution is 7.13. The summed E-state index contributed by atoms with van der Waals surface area (Å²) in [6.45, 7) is 0. The first kappa shape index (κ1) is 22.2. The maximum absolute atomic E-state index is 13.5. The molecule has 1 amide bonds. The highest BCUT2D eigenvalue weighted by Gasteiger charge is 2.35. The Morgan fingerprint density at radius 3 is 2.09 bits per heavy atom. The van der Waals surface area contributed by atoms with Gasteiger partial charge in [-0.05, 0) is 30.3 Å². The highest BCUT2D eigenvalue weighted by Crippen LogP contribution is 2.33. The molecule has 4 rings (SSSR count). The van der Waals surface area contributed by atoms with Crippen LogP contribution < -0.4 is 5.32 Å². The smallest absolute Gasteiger partial charge is 0.296 e. The maximum Gasteiger partial charge on any atom is 0.417 e. The number of amides is 1. The zero-order valence-corrected chi connectivity index (χ0v) is 17.2. The Morgan fingerprint density at radius 1 is 0.879 bits per heavy atom. The van der Waals surface area contributed by atoms with Crippen LogP contribution in [0.5, 0.6) is 0 Å². The lowest BCUT2D eigenvalue weighted by Gasteiger charge is -2.12. The molecule has 4 aromatic rings. The largest absolute Gasteiger partial charge is 0.417 e. The molecule has 166 valence electrons. The minimum atomic E-state index is -4.82. The van der Waals surface area contributed by atoms with Gasteiger partial charge < -0.3 is 0 Å². The average Bonchev–Trinajstić information content (AvgIpc) is 3.31. The van der Waals surface area contributed by atoms with Crippen molar-refractivity contribution in [1.29, 1.82) is 0 Å². The van der Waals surface area contributed by atoms with Gasteiger partial charge in [-0.2, -0.15) is 13.2 Å². The summed E-state index contributed by atoms with van der Waals surface area (Å²) in [5.74, 6) is -2.46. The van der Waals surface area contributed by atoms with Crippen LogP contribution in [0, 0.1) is 5.82 Å². The van der Waals surface area contributed by atoms with Crippen LogP contribution in [0.15, 0.2) is 66.4 Å². The van der Waals surface area contributed by atoms with Gasteiger partial charge in [-0.1, -0.05) is 12.1 Å². The van der Waals surface area contributed by atoms with Crippen LogP contribution in [-0.2, 0) is 6.18 Å². The van der Waals surface area contributed by atoms with Crippen LogP contribution in [0.4, 0.5) is 22.7 Å². The Kier molecular flexibility index (Phi) is 5.97. The number of carbonyl (C=O) groups excluding carboxylic acids is 2. The van der Waals surface area contributed by atoms with Crippen molar-refractivity contribution in [3.63, 3.8) is 0 Å². The Bertz CT molecular complexity index is 1310. The van der Waals surface area contributed by atoms with Gasteiger partial charge in [0.2, 0.25) is 5.78 Å². The number of alkyl halides is 3. The summed E-state index contributed by atoms with van der Waals surface area (Å²) in [5, 5.41) is 4.75. The Hall–Kier alpha value is -3.99. The quantitative estimate of drug-likeness (QED) is 0.317. The van der Waals surface area contributed by atoms with Crippen LogP contribution in [0.3, 0.4) is 0 Å². The minimum absolute atomic E-state index is 0.152. The Morgan fingerprint density at radius 2 is 1.55 bits per heavy atom. The third-order valence-electron chi connectivity index (χ3n) is 4.51. The molecule has 1 aromatic carbocycles. The molecule has 3 aromatic heterocycles. The van der Waals surface area contributed by atoms with Crippen molar-refractivity contribution in [2.75, 3.05) is 5.32 Å². The molecule has 3 heterocycles. The van der Waals surface area contributed by atoms with Crippen molar-refractivity contribution in [2.45, 2.75) is 6.18 Å². The number of anilines is 1. The van der Waals surface area contributed by atoms with E-state index in [0.29, 0.717) is 34.5 Å². The second-order valence-corrected chi connectivity index (χ2v) is 7.57. The first-order valence-corrected chi connectivity index (χ1v) is 10.1. The zero-order chi connectivity index (χ0) is 23.6. The number of benzene rings is 1. The number of nitrogens with zero attached hydrogens (tertiary/aromatic N) is 3. The second kappa shape index (κ2) is 8.87. The van der Waals surface area contributed by atoms with Crippen molar-refractivity contribution in [1.82, 2.24) is 15.0 Å². The molecule has 11 heteroatoms. The fourth-order valence-corrected chi connectivity index (χ4v) is 3.46. The van der Waals surface area contributed by atoms with Crippen LogP contribution in [0.25, 0.3) is 11.1 Å². The molecular formula is C22H12F4N4O2S. The standard InChI is InChI=1S/C22H12F4N4O2S/c23-14-3-4-16(22(24,25)26)15(9-14)19(31)17-5-1-12(10-28-17)13-2-6-18(29-11-13)20(32)30-21-27-7-8-33-21/h1-11H,(H,27,30,32). The molecule has 1 N–H and O–H groups in total. The van der Waals surface area contributed by atoms with E-state index >= 15 is 0 Å². The predicted octanol–water partition coefficient (Wildman–Crippen LogP) is 5.24. The van der Waals surface area contributed by atoms with E-state index in [4.69, 9.17) is 0 Å². The number of aromatic nitrogens is 3. The lowest BCUT2D eigenvalue weighted by Crippen LogP contribution is -2.15. The number of hydrogen-bond donors (Lipinski definition) is 1. The minimum Gasteiger partial charge on any atom is -0.296 e. The summed E-state index contributed by atoms with van der Waals surface area (Å²) in [5.41, 5.74) is -1.10. The maximum atomic E-state index is 13.5. The zero-order valence-electron chi connectivity index (χ0n) is 16.4. The van der Waals surface area contributed by atoms with Crippen LogP contribution in [0.1, 0.15) is 32.1 Å². The van der Waals surface area contributed by atoms with Gasteiger partial charge in [0.25, 0.3) is 5.91 Å². The molecule has 0 unspecified atom stereocenters. The van der Waals surface area contributed by atoms with Crippen LogP contribution in [0.2, 0.25) is 0 Å². The molecule has 0 fully saturated rings. The van der Waals surface area contributed by atoms with Gasteiger partial charge in [-0.15, -0.1) is 11.3 Å². The molecule has 0 aliphatic heterocycles. The molecule has 0 saturated heterocycles. The number of ketones is 1. The molecule has 0 radical (unpaired) electrons. The van der Waals surface area contributed by atoms with Crippen molar-refractivity contribution >= 4 is 28.2 Å². The third kappa shape index (κ3) is 4.93. The molecular weight excluding hydrogens is 460 g/mol. The fourth-order valence-electron chi connectivity index (χ4n) is 2.93. The van der Waals surface area contributed by atoms with E-state index in [2.05, 4.69) is 20.3 Å². The van der Waals surface area contributed by atoms with E-state index in [1.165, 1.54) is 41.9 Å². The molecule has 0 aliphatic rings. The normalized spacial score (nSPS) is 11.3. The summed E-state index contributed by atoms with van der Waals surface area (Å²) in [6, 6.07) is 7.51. The Balaban J connectivity index is 1.54. The van der Waals surface area contributed by atoms with Crippen molar-refractivity contribution in [3.8, 4) is 11.1 Å². The number of pyridine rings is 2. The predicted molar refractivity (Wildman–Crippen MR) is 112 cm³/mol. The third-order valence-corrected chi connectivity index (χ3v) is 5.20. The number of thiazole rings is 1. The molecule has 0 atom stereocenters. The summed E-state index contributed by atoms with van der Waals surface area (Å²) < 4.78 is 53.1. The van der Waals surface area contributed by atoms with Crippen molar-refractivity contribution < 1.29 is 27.2 Å². The van der Waals surface area contributed by atoms with E-state index in [1.54, 1.807) is 17.6 Å². The van der Waals surface area contributed by atoms with Crippen LogP contribution in [-0.4, -0.2) is 26.6 Å². The lowest BCUT2D eigenvalue weighted by molar-refractivity contribution is -0.137. The van der Waals surface area contributed by atoms with Gasteiger partial charge in [0.1, 0.15) is 17.2 Å². The van der Waals surface area contributed by atoms with Gasteiger partial charge in [0.05, 0.1) is 5.56 Å². The number of hydrogen-bond acceptors (Lipinski definition) is 6. The van der Waals surface area contributed by atoms with Crippen LogP contribution >= 0.6 is 11.3 Å². The van der Waals surface area contributed by atoms with E-state index in [-0.39, 0.29) is 11.4 Å². The monoisotopic (exact) mass is 472 g/mol. The van der Waals surface area contributed by atoms with Crippen molar-refractivity contribution in [3.05, 3.63) is 94.8 Å². The summed E-state index contributed by atoms with van der Waals surface area (Å²) in [7, 11) is 0. The topological polar surface area (TPSA) is 84.8 Å². The molecule has 0 saturated carbocycles. The Labute approximate surface area is 188 Å². The number of rotatable bonds is 5. The first-order valence-electron chi connectivity index (χ1n) is 9.27. The summed E-state index contributed by atoms with van der Waals surface area (Å²) in [4.78, 5) is 36.7. The van der Waals surface area contributed by atoms with Gasteiger partial charge in [0.15, 0.2) is 5.13 Å². The van der Waals surface area contributed by atoms with Gasteiger partial charge in [-0.3, -0.25) is 24.9 Å². The molecule has 0 bridgehead atoms. The SMILES string of the molecule is O=C(Nc1nccs1)c1ccc(-c2ccc(C(=O)c3cc(F)ccc3C(F)(F)F)nc2)cn1. The molecule has 0 spiro atoms. The molecule has 0 aliphatic carbocycles. The average molecular weight is 472 g/mol. The van der Waals surface area contributed by atoms with E-state index in [0.717, 1.165) is 0 Å².